The van der Waals surface area contributed by atoms with E-state index in [-0.39, 0.29) is 24.0 Å². The van der Waals surface area contributed by atoms with Crippen molar-refractivity contribution in [2.45, 2.75) is 66.6 Å². The Morgan fingerprint density at radius 2 is 1.86 bits per heavy atom. The highest BCUT2D eigenvalue weighted by molar-refractivity contribution is 14.0. The maximum Gasteiger partial charge on any atom is 0.194 e. The maximum atomic E-state index is 5.18. The molecule has 2 heterocycles. The van der Waals surface area contributed by atoms with Gasteiger partial charge in [0, 0.05) is 70.5 Å². The van der Waals surface area contributed by atoms with Gasteiger partial charge in [0.25, 0.3) is 0 Å². The van der Waals surface area contributed by atoms with Crippen LogP contribution in [0.1, 0.15) is 52.5 Å². The third-order valence-electron chi connectivity index (χ3n) is 5.23. The third-order valence-corrected chi connectivity index (χ3v) is 5.23. The Labute approximate surface area is 194 Å². The first-order valence-corrected chi connectivity index (χ1v) is 10.8. The molecule has 0 unspecified atom stereocenters. The lowest BCUT2D eigenvalue weighted by Gasteiger charge is -2.36. The number of rotatable bonds is 9. The van der Waals surface area contributed by atoms with Gasteiger partial charge in [0.05, 0.1) is 5.69 Å². The lowest BCUT2D eigenvalue weighted by molar-refractivity contribution is 0.168. The van der Waals surface area contributed by atoms with Crippen LogP contribution in [0.4, 0.5) is 0 Å². The van der Waals surface area contributed by atoms with Gasteiger partial charge in [-0.15, -0.1) is 24.0 Å². The van der Waals surface area contributed by atoms with Crippen LogP contribution >= 0.6 is 24.0 Å². The SMILES string of the molecule is CCNC(=NCCCN(C(C)C)C(C)C)N1CCN(Cc2cc(C)on2)CC1.I. The summed E-state index contributed by atoms with van der Waals surface area (Å²) in [4.78, 5) is 12.3. The minimum absolute atomic E-state index is 0. The second-order valence-electron chi connectivity index (χ2n) is 8.21. The molecule has 0 aliphatic carbocycles. The van der Waals surface area contributed by atoms with Gasteiger partial charge in [0.2, 0.25) is 0 Å². The molecule has 1 aliphatic heterocycles. The van der Waals surface area contributed by atoms with E-state index in [0.717, 1.165) is 76.2 Å². The molecule has 29 heavy (non-hydrogen) atoms. The molecule has 1 N–H and O–H groups in total. The average molecular weight is 521 g/mol. The van der Waals surface area contributed by atoms with E-state index in [0.29, 0.717) is 12.1 Å². The monoisotopic (exact) mass is 520 g/mol. The first kappa shape index (κ1) is 26.2. The van der Waals surface area contributed by atoms with E-state index in [1.54, 1.807) is 0 Å². The smallest absolute Gasteiger partial charge is 0.194 e. The summed E-state index contributed by atoms with van der Waals surface area (Å²) in [6, 6.07) is 3.19. The van der Waals surface area contributed by atoms with Gasteiger partial charge in [-0.1, -0.05) is 5.16 Å². The summed E-state index contributed by atoms with van der Waals surface area (Å²) in [7, 11) is 0. The van der Waals surface area contributed by atoms with Gasteiger partial charge < -0.3 is 14.7 Å². The van der Waals surface area contributed by atoms with Crippen molar-refractivity contribution in [2.75, 3.05) is 45.8 Å². The summed E-state index contributed by atoms with van der Waals surface area (Å²) in [6.07, 6.45) is 1.09. The predicted octanol–water partition coefficient (Wildman–Crippen LogP) is 3.19. The molecule has 0 bridgehead atoms. The Balaban J connectivity index is 0.00000420. The highest BCUT2D eigenvalue weighted by Crippen LogP contribution is 2.10. The van der Waals surface area contributed by atoms with Crippen molar-refractivity contribution in [1.29, 1.82) is 0 Å². The molecule has 168 valence electrons. The molecule has 0 spiro atoms. The van der Waals surface area contributed by atoms with E-state index in [1.165, 1.54) is 0 Å². The van der Waals surface area contributed by atoms with Crippen molar-refractivity contribution in [2.24, 2.45) is 4.99 Å². The average Bonchev–Trinajstić information content (AvgIpc) is 3.05. The van der Waals surface area contributed by atoms with Crippen molar-refractivity contribution < 1.29 is 4.52 Å². The zero-order chi connectivity index (χ0) is 20.5. The van der Waals surface area contributed by atoms with Gasteiger partial charge in [-0.05, 0) is 48.0 Å². The Kier molecular flexibility index (Phi) is 12.1. The van der Waals surface area contributed by atoms with Crippen LogP contribution < -0.4 is 5.32 Å². The molecule has 8 heteroatoms. The number of piperazine rings is 1. The molecular weight excluding hydrogens is 479 g/mol. The normalized spacial score (nSPS) is 16.0. The Hall–Kier alpha value is -0.870. The fourth-order valence-corrected chi connectivity index (χ4v) is 3.82. The lowest BCUT2D eigenvalue weighted by atomic mass is 10.2. The zero-order valence-corrected chi connectivity index (χ0v) is 21.5. The van der Waals surface area contributed by atoms with E-state index in [9.17, 15) is 0 Å². The number of aliphatic imine (C=N–C) groups is 1. The van der Waals surface area contributed by atoms with Crippen LogP contribution in [-0.4, -0.2) is 83.7 Å². The predicted molar refractivity (Wildman–Crippen MR) is 131 cm³/mol. The highest BCUT2D eigenvalue weighted by atomic mass is 127. The van der Waals surface area contributed by atoms with Crippen LogP contribution in [0.15, 0.2) is 15.6 Å². The largest absolute Gasteiger partial charge is 0.361 e. The van der Waals surface area contributed by atoms with Crippen LogP contribution in [0.5, 0.6) is 0 Å². The molecule has 0 aromatic carbocycles. The Morgan fingerprint density at radius 1 is 1.21 bits per heavy atom. The van der Waals surface area contributed by atoms with Crippen LogP contribution in [0, 0.1) is 6.92 Å². The van der Waals surface area contributed by atoms with Crippen LogP contribution in [0.3, 0.4) is 0 Å². The number of guanidine groups is 1. The van der Waals surface area contributed by atoms with Gasteiger partial charge in [-0.2, -0.15) is 0 Å². The van der Waals surface area contributed by atoms with Crippen molar-refractivity contribution in [3.8, 4) is 0 Å². The number of hydrogen-bond acceptors (Lipinski definition) is 5. The number of hydrogen-bond donors (Lipinski definition) is 1. The number of nitrogens with one attached hydrogen (secondary N) is 1. The third kappa shape index (κ3) is 8.80. The molecule has 2 rings (SSSR count). The summed E-state index contributed by atoms with van der Waals surface area (Å²) in [6.45, 7) is 20.9. The standard InChI is InChI=1S/C21H40N6O.HI/c1-7-22-21(23-9-8-10-27(17(2)3)18(4)5)26-13-11-25(12-14-26)16-20-15-19(6)28-24-20;/h15,17-18H,7-14,16H2,1-6H3,(H,22,23);1H. The minimum Gasteiger partial charge on any atom is -0.361 e. The summed E-state index contributed by atoms with van der Waals surface area (Å²) >= 11 is 0. The molecule has 0 radical (unpaired) electrons. The van der Waals surface area contributed by atoms with E-state index in [1.807, 2.05) is 13.0 Å². The summed E-state index contributed by atoms with van der Waals surface area (Å²) in [5, 5.41) is 7.58. The second kappa shape index (κ2) is 13.4. The number of nitrogens with zero attached hydrogens (tertiary/aromatic N) is 5. The van der Waals surface area contributed by atoms with Gasteiger partial charge in [-0.3, -0.25) is 14.8 Å². The van der Waals surface area contributed by atoms with Crippen molar-refractivity contribution in [3.05, 3.63) is 17.5 Å². The molecule has 1 fully saturated rings. The first-order chi connectivity index (χ1) is 13.4. The second-order valence-corrected chi connectivity index (χ2v) is 8.21. The van der Waals surface area contributed by atoms with Gasteiger partial charge in [0.15, 0.2) is 5.96 Å². The Morgan fingerprint density at radius 3 is 2.38 bits per heavy atom. The minimum atomic E-state index is 0. The molecule has 1 aliphatic rings. The summed E-state index contributed by atoms with van der Waals surface area (Å²) < 4.78 is 5.18. The molecule has 0 saturated carbocycles. The van der Waals surface area contributed by atoms with E-state index in [2.05, 4.69) is 59.8 Å². The van der Waals surface area contributed by atoms with E-state index >= 15 is 0 Å². The van der Waals surface area contributed by atoms with Gasteiger partial charge >= 0.3 is 0 Å². The molecular formula is C21H41IN6O. The highest BCUT2D eigenvalue weighted by Gasteiger charge is 2.20. The topological polar surface area (TPSA) is 60.1 Å². The van der Waals surface area contributed by atoms with Crippen LogP contribution in [0.2, 0.25) is 0 Å². The first-order valence-electron chi connectivity index (χ1n) is 10.8. The number of aromatic nitrogens is 1. The summed E-state index contributed by atoms with van der Waals surface area (Å²) in [5.41, 5.74) is 1.02. The number of aryl methyl sites for hydroxylation is 1. The quantitative estimate of drug-likeness (QED) is 0.234. The molecule has 1 aromatic rings. The fourth-order valence-electron chi connectivity index (χ4n) is 3.82. The summed E-state index contributed by atoms with van der Waals surface area (Å²) in [5.74, 6) is 1.93. The molecule has 1 saturated heterocycles. The van der Waals surface area contributed by atoms with E-state index in [4.69, 9.17) is 9.52 Å². The maximum absolute atomic E-state index is 5.18. The van der Waals surface area contributed by atoms with Crippen molar-refractivity contribution in [3.63, 3.8) is 0 Å². The van der Waals surface area contributed by atoms with Crippen molar-refractivity contribution >= 4 is 29.9 Å². The van der Waals surface area contributed by atoms with E-state index < -0.39 is 0 Å². The fraction of sp³-hybridized carbons (Fsp3) is 0.810. The van der Waals surface area contributed by atoms with Gasteiger partial charge in [0.1, 0.15) is 5.76 Å². The molecule has 1 aromatic heterocycles. The molecule has 0 amide bonds. The Bertz CT molecular complexity index is 588. The lowest BCUT2D eigenvalue weighted by Crippen LogP contribution is -2.52. The molecule has 0 atom stereocenters. The number of halogens is 1. The zero-order valence-electron chi connectivity index (χ0n) is 19.1. The van der Waals surface area contributed by atoms with Crippen molar-refractivity contribution in [1.82, 2.24) is 25.2 Å². The van der Waals surface area contributed by atoms with Gasteiger partial charge in [-0.25, -0.2) is 0 Å². The van der Waals surface area contributed by atoms with Crippen LogP contribution in [0.25, 0.3) is 0 Å². The van der Waals surface area contributed by atoms with Crippen LogP contribution in [-0.2, 0) is 6.54 Å². The molecule has 7 nitrogen and oxygen atoms in total.